The first-order valence-corrected chi connectivity index (χ1v) is 10.3. The number of methoxy groups -OCH3 is 1. The lowest BCUT2D eigenvalue weighted by molar-refractivity contribution is -0.144. The molecule has 0 aliphatic heterocycles. The van der Waals surface area contributed by atoms with Gasteiger partial charge in [0, 0.05) is 19.8 Å². The Bertz CT molecular complexity index is 755. The number of nitrogens with one attached hydrogen (secondary N) is 4. The van der Waals surface area contributed by atoms with Gasteiger partial charge in [-0.2, -0.15) is 0 Å². The largest absolute Gasteiger partial charge is 0.494 e. The van der Waals surface area contributed by atoms with Crippen LogP contribution in [0.15, 0.2) is 24.3 Å². The minimum atomic E-state index is -1.96. The summed E-state index contributed by atoms with van der Waals surface area (Å²) in [5, 5.41) is 26.9. The number of aliphatic hydroxyl groups is 1. The molecule has 6 N–H and O–H groups in total. The van der Waals surface area contributed by atoms with Crippen molar-refractivity contribution in [2.24, 2.45) is 0 Å². The Morgan fingerprint density at radius 3 is 2.22 bits per heavy atom. The normalized spacial score (nSPS) is 14.0. The Balaban J connectivity index is 3.09. The lowest BCUT2D eigenvalue weighted by Crippen LogP contribution is -2.62. The van der Waals surface area contributed by atoms with Crippen LogP contribution >= 0.6 is 0 Å². The number of carbonyl (C=O) groups excluding carboxylic acids is 3. The molecule has 0 radical (unpaired) electrons. The van der Waals surface area contributed by atoms with Gasteiger partial charge < -0.3 is 30.5 Å². The zero-order valence-electron chi connectivity index (χ0n) is 19.1. The SMILES string of the molecule is CCCCOc1ccc(NC(C(=O)NC(C(=O)NC)C(C)(C)OC)C(O)C(=O)NO)cc1. The van der Waals surface area contributed by atoms with Crippen molar-refractivity contribution in [3.63, 3.8) is 0 Å². The summed E-state index contributed by atoms with van der Waals surface area (Å²) >= 11 is 0. The molecule has 0 fully saturated rings. The first kappa shape index (κ1) is 27.1. The molecule has 3 unspecified atom stereocenters. The number of hydrogen-bond donors (Lipinski definition) is 6. The molecule has 0 aliphatic carbocycles. The number of hydroxylamine groups is 1. The summed E-state index contributed by atoms with van der Waals surface area (Å²) in [4.78, 5) is 37.1. The van der Waals surface area contributed by atoms with Crippen LogP contribution in [0.25, 0.3) is 0 Å². The zero-order valence-corrected chi connectivity index (χ0v) is 19.1. The van der Waals surface area contributed by atoms with Crippen molar-refractivity contribution in [1.29, 1.82) is 0 Å². The van der Waals surface area contributed by atoms with Crippen LogP contribution in [0, 0.1) is 0 Å². The Morgan fingerprint density at radius 1 is 1.09 bits per heavy atom. The van der Waals surface area contributed by atoms with Crippen LogP contribution in [0.3, 0.4) is 0 Å². The van der Waals surface area contributed by atoms with Crippen LogP contribution < -0.4 is 26.2 Å². The molecule has 0 spiro atoms. The molecule has 0 heterocycles. The van der Waals surface area contributed by atoms with Gasteiger partial charge in [0.2, 0.25) is 11.8 Å². The predicted octanol–water partition coefficient (Wildman–Crippen LogP) is 0.168. The molecule has 11 nitrogen and oxygen atoms in total. The summed E-state index contributed by atoms with van der Waals surface area (Å²) in [6, 6.07) is 3.91. The molecule has 3 amide bonds. The average Bonchev–Trinajstić information content (AvgIpc) is 2.80. The lowest BCUT2D eigenvalue weighted by Gasteiger charge is -2.34. The summed E-state index contributed by atoms with van der Waals surface area (Å²) in [6.45, 7) is 5.82. The fourth-order valence-corrected chi connectivity index (χ4v) is 2.72. The van der Waals surface area contributed by atoms with E-state index in [9.17, 15) is 19.5 Å². The highest BCUT2D eigenvalue weighted by Crippen LogP contribution is 2.19. The van der Waals surface area contributed by atoms with Crippen molar-refractivity contribution in [3.8, 4) is 5.75 Å². The third-order valence-corrected chi connectivity index (χ3v) is 4.94. The van der Waals surface area contributed by atoms with E-state index in [2.05, 4.69) is 22.9 Å². The number of likely N-dealkylation sites (N-methyl/N-ethyl adjacent to an activating group) is 1. The third kappa shape index (κ3) is 7.66. The highest BCUT2D eigenvalue weighted by molar-refractivity contribution is 5.96. The number of unbranched alkanes of at least 4 members (excludes halogenated alkanes) is 1. The first-order chi connectivity index (χ1) is 15.1. The molecule has 0 aromatic heterocycles. The maximum atomic E-state index is 13.0. The average molecular weight is 455 g/mol. The molecule has 0 aliphatic rings. The second-order valence-electron chi connectivity index (χ2n) is 7.63. The van der Waals surface area contributed by atoms with Crippen LogP contribution in [0.2, 0.25) is 0 Å². The van der Waals surface area contributed by atoms with Crippen molar-refractivity contribution in [1.82, 2.24) is 16.1 Å². The van der Waals surface area contributed by atoms with Gasteiger partial charge in [0.1, 0.15) is 17.8 Å². The number of carbonyl (C=O) groups is 3. The Kier molecular flexibility index (Phi) is 10.9. The third-order valence-electron chi connectivity index (χ3n) is 4.94. The number of anilines is 1. The lowest BCUT2D eigenvalue weighted by atomic mass is 9.96. The molecule has 0 saturated heterocycles. The first-order valence-electron chi connectivity index (χ1n) is 10.3. The predicted molar refractivity (Wildman–Crippen MR) is 117 cm³/mol. The molecular weight excluding hydrogens is 420 g/mol. The van der Waals surface area contributed by atoms with E-state index in [1.165, 1.54) is 19.6 Å². The number of hydrogen-bond acceptors (Lipinski definition) is 8. The van der Waals surface area contributed by atoms with Gasteiger partial charge in [0.25, 0.3) is 5.91 Å². The van der Waals surface area contributed by atoms with Crippen LogP contribution in [0.4, 0.5) is 5.69 Å². The minimum Gasteiger partial charge on any atom is -0.494 e. The minimum absolute atomic E-state index is 0.403. The molecule has 0 bridgehead atoms. The molecule has 1 rings (SSSR count). The van der Waals surface area contributed by atoms with E-state index in [4.69, 9.17) is 14.7 Å². The van der Waals surface area contributed by atoms with Crippen molar-refractivity contribution in [3.05, 3.63) is 24.3 Å². The molecule has 32 heavy (non-hydrogen) atoms. The van der Waals surface area contributed by atoms with E-state index in [1.807, 2.05) is 0 Å². The zero-order chi connectivity index (χ0) is 24.3. The quantitative estimate of drug-likeness (QED) is 0.140. The number of rotatable bonds is 13. The van der Waals surface area contributed by atoms with Gasteiger partial charge in [-0.05, 0) is 44.5 Å². The van der Waals surface area contributed by atoms with Crippen molar-refractivity contribution >= 4 is 23.4 Å². The fraction of sp³-hybridized carbons (Fsp3) is 0.571. The summed E-state index contributed by atoms with van der Waals surface area (Å²) in [7, 11) is 2.79. The molecule has 180 valence electrons. The molecule has 0 saturated carbocycles. The second kappa shape index (κ2) is 12.8. The Labute approximate surface area is 187 Å². The van der Waals surface area contributed by atoms with Gasteiger partial charge in [-0.3, -0.25) is 19.6 Å². The Hall–Kier alpha value is -2.89. The van der Waals surface area contributed by atoms with E-state index < -0.39 is 41.5 Å². The van der Waals surface area contributed by atoms with E-state index in [0.717, 1.165) is 12.8 Å². The van der Waals surface area contributed by atoms with E-state index in [1.54, 1.807) is 38.1 Å². The van der Waals surface area contributed by atoms with Gasteiger partial charge in [0.15, 0.2) is 6.10 Å². The number of amides is 3. The molecule has 1 aromatic carbocycles. The van der Waals surface area contributed by atoms with Gasteiger partial charge in [-0.15, -0.1) is 0 Å². The van der Waals surface area contributed by atoms with Crippen LogP contribution in [-0.2, 0) is 19.1 Å². The highest BCUT2D eigenvalue weighted by Gasteiger charge is 2.40. The van der Waals surface area contributed by atoms with Gasteiger partial charge in [-0.25, -0.2) is 5.48 Å². The fourth-order valence-electron chi connectivity index (χ4n) is 2.72. The molecular formula is C21H34N4O7. The van der Waals surface area contributed by atoms with Gasteiger partial charge >= 0.3 is 0 Å². The smallest absolute Gasteiger partial charge is 0.274 e. The standard InChI is InChI=1S/C21H34N4O7/c1-6-7-12-32-14-10-8-13(9-11-14)23-15(16(26)19(28)25-30)18(27)24-17(20(29)22-4)21(2,3)31-5/h8-11,15-17,23,26,30H,6-7,12H2,1-5H3,(H,22,29)(H,24,27)(H,25,28). The monoisotopic (exact) mass is 454 g/mol. The highest BCUT2D eigenvalue weighted by atomic mass is 16.5. The van der Waals surface area contributed by atoms with Crippen molar-refractivity contribution < 1.29 is 34.2 Å². The number of ether oxygens (including phenoxy) is 2. The van der Waals surface area contributed by atoms with Crippen molar-refractivity contribution in [2.75, 3.05) is 26.1 Å². The molecule has 11 heteroatoms. The maximum Gasteiger partial charge on any atom is 0.274 e. The van der Waals surface area contributed by atoms with Crippen molar-refractivity contribution in [2.45, 2.75) is 57.4 Å². The van der Waals surface area contributed by atoms with Gasteiger partial charge in [0.05, 0.1) is 12.2 Å². The molecule has 1 aromatic rings. The van der Waals surface area contributed by atoms with Crippen LogP contribution in [-0.4, -0.2) is 72.6 Å². The Morgan fingerprint density at radius 2 is 1.72 bits per heavy atom. The maximum absolute atomic E-state index is 13.0. The topological polar surface area (TPSA) is 158 Å². The van der Waals surface area contributed by atoms with Gasteiger partial charge in [-0.1, -0.05) is 13.3 Å². The summed E-state index contributed by atoms with van der Waals surface area (Å²) in [6.07, 6.45) is -0.0517. The molecule has 3 atom stereocenters. The number of benzene rings is 1. The van der Waals surface area contributed by atoms with Crippen LogP contribution in [0.1, 0.15) is 33.6 Å². The second-order valence-corrected chi connectivity index (χ2v) is 7.63. The summed E-state index contributed by atoms with van der Waals surface area (Å²) in [5.41, 5.74) is 0.627. The summed E-state index contributed by atoms with van der Waals surface area (Å²) < 4.78 is 10.9. The van der Waals surface area contributed by atoms with E-state index in [-0.39, 0.29) is 0 Å². The van der Waals surface area contributed by atoms with E-state index >= 15 is 0 Å². The van der Waals surface area contributed by atoms with E-state index in [0.29, 0.717) is 18.0 Å². The summed E-state index contributed by atoms with van der Waals surface area (Å²) in [5.74, 6) is -1.96. The number of aliphatic hydroxyl groups excluding tert-OH is 1. The van der Waals surface area contributed by atoms with Crippen LogP contribution in [0.5, 0.6) is 5.75 Å².